The van der Waals surface area contributed by atoms with Crippen LogP contribution in [0.1, 0.15) is 40.3 Å². The Bertz CT molecular complexity index is 875. The van der Waals surface area contributed by atoms with Gasteiger partial charge in [-0.25, -0.2) is 4.98 Å². The normalized spacial score (nSPS) is 12.1. The molecule has 5 nitrogen and oxygen atoms in total. The maximum Gasteiger partial charge on any atom is 0.251 e. The Morgan fingerprint density at radius 1 is 1.22 bits per heavy atom. The van der Waals surface area contributed by atoms with E-state index in [1.165, 1.54) is 0 Å². The van der Waals surface area contributed by atoms with Crippen molar-refractivity contribution in [3.63, 3.8) is 0 Å². The van der Waals surface area contributed by atoms with Gasteiger partial charge in [0.25, 0.3) is 5.91 Å². The molecule has 1 atom stereocenters. The molecule has 3 rings (SSSR count). The van der Waals surface area contributed by atoms with Gasteiger partial charge in [0.05, 0.1) is 11.7 Å². The summed E-state index contributed by atoms with van der Waals surface area (Å²) in [5.74, 6) is -0.0943. The van der Waals surface area contributed by atoms with E-state index < -0.39 is 0 Å². The third-order valence-corrected chi connectivity index (χ3v) is 5.10. The highest BCUT2D eigenvalue weighted by molar-refractivity contribution is 7.09. The number of aromatic nitrogens is 2. The summed E-state index contributed by atoms with van der Waals surface area (Å²) in [5.41, 5.74) is 3.58. The third-order valence-electron chi connectivity index (χ3n) is 4.21. The van der Waals surface area contributed by atoms with Gasteiger partial charge in [0, 0.05) is 35.4 Å². The topological polar surface area (TPSA) is 58.1 Å². The van der Waals surface area contributed by atoms with Crippen LogP contribution < -0.4 is 5.32 Å². The molecule has 2 aromatic heterocycles. The summed E-state index contributed by atoms with van der Waals surface area (Å²) < 4.78 is 0. The van der Waals surface area contributed by atoms with E-state index in [1.807, 2.05) is 62.9 Å². The highest BCUT2D eigenvalue weighted by atomic mass is 32.1. The molecule has 1 aromatic carbocycles. The van der Waals surface area contributed by atoms with E-state index in [2.05, 4.69) is 26.3 Å². The number of hydrogen-bond donors (Lipinski definition) is 1. The maximum absolute atomic E-state index is 12.7. The minimum Gasteiger partial charge on any atom is -0.343 e. The molecule has 2 heterocycles. The van der Waals surface area contributed by atoms with E-state index in [1.54, 1.807) is 17.5 Å². The highest BCUT2D eigenvalue weighted by Gasteiger charge is 2.16. The SMILES string of the molecule is CC[C@@H](NC(=O)c1cccc(-c2ccc(CN(C)C)cn2)c1)c1nccs1. The largest absolute Gasteiger partial charge is 0.343 e. The first kappa shape index (κ1) is 19.2. The molecule has 0 saturated carbocycles. The number of hydrogen-bond acceptors (Lipinski definition) is 5. The fourth-order valence-electron chi connectivity index (χ4n) is 2.86. The fourth-order valence-corrected chi connectivity index (χ4v) is 3.63. The van der Waals surface area contributed by atoms with Crippen LogP contribution in [0.5, 0.6) is 0 Å². The summed E-state index contributed by atoms with van der Waals surface area (Å²) in [5, 5.41) is 5.94. The zero-order chi connectivity index (χ0) is 19.2. The molecule has 0 aliphatic carbocycles. The van der Waals surface area contributed by atoms with Gasteiger partial charge in [0.2, 0.25) is 0 Å². The number of amides is 1. The number of nitrogens with one attached hydrogen (secondary N) is 1. The molecule has 27 heavy (non-hydrogen) atoms. The summed E-state index contributed by atoms with van der Waals surface area (Å²) in [4.78, 5) is 23.7. The van der Waals surface area contributed by atoms with Gasteiger partial charge in [-0.3, -0.25) is 9.78 Å². The molecule has 0 aliphatic heterocycles. The van der Waals surface area contributed by atoms with Crippen LogP contribution in [0.2, 0.25) is 0 Å². The standard InChI is InChI=1S/C21H24N4OS/c1-4-18(21-22-10-11-27-21)24-20(26)17-7-5-6-16(12-17)19-9-8-15(13-23-19)14-25(2)3/h5-13,18H,4,14H2,1-3H3,(H,24,26)/t18-/m1/s1. The molecule has 0 aliphatic rings. The van der Waals surface area contributed by atoms with Crippen molar-refractivity contribution in [2.75, 3.05) is 14.1 Å². The van der Waals surface area contributed by atoms with E-state index in [-0.39, 0.29) is 11.9 Å². The molecule has 0 saturated heterocycles. The van der Waals surface area contributed by atoms with E-state index in [0.717, 1.165) is 34.8 Å². The average Bonchev–Trinajstić information content (AvgIpc) is 3.21. The van der Waals surface area contributed by atoms with E-state index in [4.69, 9.17) is 0 Å². The number of rotatable bonds is 7. The number of benzene rings is 1. The average molecular weight is 381 g/mol. The maximum atomic E-state index is 12.7. The van der Waals surface area contributed by atoms with Gasteiger partial charge >= 0.3 is 0 Å². The Balaban J connectivity index is 1.75. The third kappa shape index (κ3) is 4.99. The lowest BCUT2D eigenvalue weighted by atomic mass is 10.1. The molecule has 0 spiro atoms. The number of carbonyl (C=O) groups excluding carboxylic acids is 1. The van der Waals surface area contributed by atoms with Crippen molar-refractivity contribution in [2.24, 2.45) is 0 Å². The Morgan fingerprint density at radius 3 is 2.70 bits per heavy atom. The summed E-state index contributed by atoms with van der Waals surface area (Å²) in [7, 11) is 4.07. The smallest absolute Gasteiger partial charge is 0.251 e. The van der Waals surface area contributed by atoms with Crippen LogP contribution in [0.3, 0.4) is 0 Å². The predicted molar refractivity (Wildman–Crippen MR) is 110 cm³/mol. The molecule has 0 bridgehead atoms. The van der Waals surface area contributed by atoms with Crippen molar-refractivity contribution >= 4 is 17.2 Å². The second-order valence-corrected chi connectivity index (χ2v) is 7.60. The van der Waals surface area contributed by atoms with E-state index >= 15 is 0 Å². The number of carbonyl (C=O) groups is 1. The molecule has 6 heteroatoms. The van der Waals surface area contributed by atoms with Gasteiger partial charge in [0.1, 0.15) is 5.01 Å². The monoisotopic (exact) mass is 380 g/mol. The van der Waals surface area contributed by atoms with Crippen molar-refractivity contribution in [3.8, 4) is 11.3 Å². The lowest BCUT2D eigenvalue weighted by Crippen LogP contribution is -2.28. The minimum absolute atomic E-state index is 0.0652. The Hall–Kier alpha value is -2.57. The van der Waals surface area contributed by atoms with Gasteiger partial charge in [-0.1, -0.05) is 25.1 Å². The van der Waals surface area contributed by atoms with Crippen LogP contribution in [0.25, 0.3) is 11.3 Å². The van der Waals surface area contributed by atoms with Gasteiger partial charge in [-0.05, 0) is 44.3 Å². The summed E-state index contributed by atoms with van der Waals surface area (Å²) >= 11 is 1.56. The van der Waals surface area contributed by atoms with Gasteiger partial charge in [0.15, 0.2) is 0 Å². The summed E-state index contributed by atoms with van der Waals surface area (Å²) in [6, 6.07) is 11.6. The molecule has 0 unspecified atom stereocenters. The van der Waals surface area contributed by atoms with Crippen molar-refractivity contribution < 1.29 is 4.79 Å². The molecular weight excluding hydrogens is 356 g/mol. The number of thiazole rings is 1. The van der Waals surface area contributed by atoms with Crippen molar-refractivity contribution in [2.45, 2.75) is 25.9 Å². The fraction of sp³-hybridized carbons (Fsp3) is 0.286. The second kappa shape index (κ2) is 8.88. The first-order valence-corrected chi connectivity index (χ1v) is 9.85. The Kier molecular flexibility index (Phi) is 6.32. The number of pyridine rings is 1. The van der Waals surface area contributed by atoms with Crippen LogP contribution in [0.4, 0.5) is 0 Å². The Morgan fingerprint density at radius 2 is 2.07 bits per heavy atom. The van der Waals surface area contributed by atoms with Gasteiger partial charge in [-0.15, -0.1) is 11.3 Å². The van der Waals surface area contributed by atoms with Crippen molar-refractivity contribution in [1.29, 1.82) is 0 Å². The lowest BCUT2D eigenvalue weighted by Gasteiger charge is -2.15. The van der Waals surface area contributed by atoms with Crippen LogP contribution in [0, 0.1) is 0 Å². The number of nitrogens with zero attached hydrogens (tertiary/aromatic N) is 3. The predicted octanol–water partition coefficient (Wildman–Crippen LogP) is 4.15. The molecule has 1 amide bonds. The molecule has 3 aromatic rings. The summed E-state index contributed by atoms with van der Waals surface area (Å²) in [6.07, 6.45) is 4.45. The zero-order valence-corrected chi connectivity index (χ0v) is 16.7. The first-order valence-electron chi connectivity index (χ1n) is 8.97. The van der Waals surface area contributed by atoms with E-state index in [9.17, 15) is 4.79 Å². The van der Waals surface area contributed by atoms with Crippen molar-refractivity contribution in [1.82, 2.24) is 20.2 Å². The molecular formula is C21H24N4OS. The summed E-state index contributed by atoms with van der Waals surface area (Å²) in [6.45, 7) is 2.90. The van der Waals surface area contributed by atoms with Crippen LogP contribution in [-0.2, 0) is 6.54 Å². The van der Waals surface area contributed by atoms with Crippen molar-refractivity contribution in [3.05, 3.63) is 70.3 Å². The Labute approximate surface area is 164 Å². The van der Waals surface area contributed by atoms with Gasteiger partial charge < -0.3 is 10.2 Å². The lowest BCUT2D eigenvalue weighted by molar-refractivity contribution is 0.0935. The molecule has 0 radical (unpaired) electrons. The highest BCUT2D eigenvalue weighted by Crippen LogP contribution is 2.22. The first-order chi connectivity index (χ1) is 13.1. The second-order valence-electron chi connectivity index (χ2n) is 6.67. The minimum atomic E-state index is -0.0943. The van der Waals surface area contributed by atoms with Crippen LogP contribution >= 0.6 is 11.3 Å². The van der Waals surface area contributed by atoms with Crippen LogP contribution in [0.15, 0.2) is 54.2 Å². The molecule has 0 fully saturated rings. The van der Waals surface area contributed by atoms with Crippen LogP contribution in [-0.4, -0.2) is 34.9 Å². The molecule has 1 N–H and O–H groups in total. The quantitative estimate of drug-likeness (QED) is 0.669. The van der Waals surface area contributed by atoms with E-state index in [0.29, 0.717) is 5.56 Å². The van der Waals surface area contributed by atoms with Gasteiger partial charge in [-0.2, -0.15) is 0 Å². The molecule has 140 valence electrons. The zero-order valence-electron chi connectivity index (χ0n) is 15.8.